The van der Waals surface area contributed by atoms with Crippen molar-refractivity contribution in [1.82, 2.24) is 0 Å². The fourth-order valence-corrected chi connectivity index (χ4v) is 7.53. The minimum absolute atomic E-state index is 0.586. The Balaban J connectivity index is 1.76. The van der Waals surface area contributed by atoms with Gasteiger partial charge in [0.25, 0.3) is 0 Å². The molecule has 4 rings (SSSR count). The van der Waals surface area contributed by atoms with Crippen molar-refractivity contribution in [1.29, 1.82) is 0 Å². The Hall–Kier alpha value is -0.260. The monoisotopic (exact) mass is 272 g/mol. The summed E-state index contributed by atoms with van der Waals surface area (Å²) in [6, 6.07) is 0. The smallest absolute Gasteiger partial charge is 0.00762 e. The Morgan fingerprint density at radius 1 is 0.950 bits per heavy atom. The third-order valence-corrected chi connectivity index (χ3v) is 8.25. The van der Waals surface area contributed by atoms with Gasteiger partial charge in [-0.05, 0) is 85.9 Å². The zero-order chi connectivity index (χ0) is 14.2. The summed E-state index contributed by atoms with van der Waals surface area (Å²) in [4.78, 5) is 0. The fraction of sp³-hybridized carbons (Fsp3) is 0.900. The van der Waals surface area contributed by atoms with Gasteiger partial charge in [-0.15, -0.1) is 0 Å². The molecule has 0 aromatic rings. The van der Waals surface area contributed by atoms with Gasteiger partial charge in [-0.1, -0.05) is 38.8 Å². The Bertz CT molecular complexity index is 457. The van der Waals surface area contributed by atoms with Gasteiger partial charge >= 0.3 is 0 Å². The zero-order valence-corrected chi connectivity index (χ0v) is 14.0. The maximum Gasteiger partial charge on any atom is -0.00762 e. The van der Waals surface area contributed by atoms with Crippen LogP contribution in [0.1, 0.15) is 79.1 Å². The lowest BCUT2D eigenvalue weighted by atomic mass is 9.41. The predicted octanol–water partition coefficient (Wildman–Crippen LogP) is 5.98. The Kier molecular flexibility index (Phi) is 2.63. The van der Waals surface area contributed by atoms with Crippen molar-refractivity contribution in [3.8, 4) is 0 Å². The Labute approximate surface area is 125 Å². The second-order valence-corrected chi connectivity index (χ2v) is 9.59. The van der Waals surface area contributed by atoms with Gasteiger partial charge < -0.3 is 0 Å². The summed E-state index contributed by atoms with van der Waals surface area (Å²) in [7, 11) is 0. The van der Waals surface area contributed by atoms with Crippen LogP contribution in [0.3, 0.4) is 0 Å². The van der Waals surface area contributed by atoms with Crippen molar-refractivity contribution in [2.75, 3.05) is 0 Å². The molecule has 3 fully saturated rings. The molecular formula is C20H32. The average molecular weight is 272 g/mol. The van der Waals surface area contributed by atoms with E-state index in [4.69, 9.17) is 0 Å². The summed E-state index contributed by atoms with van der Waals surface area (Å²) in [5.41, 5.74) is 3.57. The predicted molar refractivity (Wildman–Crippen MR) is 85.5 cm³/mol. The van der Waals surface area contributed by atoms with Gasteiger partial charge in [-0.25, -0.2) is 0 Å². The molecule has 2 bridgehead atoms. The summed E-state index contributed by atoms with van der Waals surface area (Å²) in [6.45, 7) is 10.2. The van der Waals surface area contributed by atoms with Crippen LogP contribution in [0, 0.1) is 34.0 Å². The molecule has 112 valence electrons. The molecule has 4 aliphatic rings. The van der Waals surface area contributed by atoms with Crippen LogP contribution in [-0.2, 0) is 0 Å². The average Bonchev–Trinajstić information content (AvgIpc) is 2.58. The van der Waals surface area contributed by atoms with Crippen LogP contribution in [0.15, 0.2) is 11.6 Å². The molecule has 20 heavy (non-hydrogen) atoms. The van der Waals surface area contributed by atoms with E-state index in [9.17, 15) is 0 Å². The lowest BCUT2D eigenvalue weighted by Crippen LogP contribution is -2.55. The second kappa shape index (κ2) is 3.93. The molecule has 0 radical (unpaired) electrons. The number of hydrogen-bond donors (Lipinski definition) is 0. The van der Waals surface area contributed by atoms with Gasteiger partial charge in [0.1, 0.15) is 0 Å². The van der Waals surface area contributed by atoms with Crippen LogP contribution in [-0.4, -0.2) is 0 Å². The molecule has 4 aliphatic carbocycles. The minimum Gasteiger partial charge on any atom is -0.0788 e. The molecule has 0 N–H and O–H groups in total. The molecule has 0 aliphatic heterocycles. The first kappa shape index (κ1) is 13.4. The third kappa shape index (κ3) is 1.54. The van der Waals surface area contributed by atoms with Crippen LogP contribution in [0.25, 0.3) is 0 Å². The normalized spacial score (nSPS) is 53.0. The number of fused-ring (bicyclic) bond motifs is 3. The molecule has 1 spiro atoms. The van der Waals surface area contributed by atoms with Crippen molar-refractivity contribution in [3.05, 3.63) is 11.6 Å². The first-order chi connectivity index (χ1) is 9.37. The molecular weight excluding hydrogens is 240 g/mol. The molecule has 5 atom stereocenters. The Morgan fingerprint density at radius 3 is 2.55 bits per heavy atom. The first-order valence-electron chi connectivity index (χ1n) is 9.07. The maximum atomic E-state index is 2.76. The summed E-state index contributed by atoms with van der Waals surface area (Å²) in [6.07, 6.45) is 14.7. The van der Waals surface area contributed by atoms with Gasteiger partial charge in [0.15, 0.2) is 0 Å². The second-order valence-electron chi connectivity index (χ2n) is 9.59. The molecule has 0 heterocycles. The van der Waals surface area contributed by atoms with E-state index in [2.05, 4.69) is 33.8 Å². The first-order valence-corrected chi connectivity index (χ1v) is 9.07. The van der Waals surface area contributed by atoms with Crippen molar-refractivity contribution >= 4 is 0 Å². The van der Waals surface area contributed by atoms with E-state index in [0.29, 0.717) is 16.2 Å². The molecule has 0 unspecified atom stereocenters. The minimum atomic E-state index is 0.586. The topological polar surface area (TPSA) is 0 Å². The largest absolute Gasteiger partial charge is 0.0788 e. The van der Waals surface area contributed by atoms with E-state index in [1.165, 1.54) is 51.4 Å². The zero-order valence-electron chi connectivity index (χ0n) is 14.0. The SMILES string of the molecule is CC1=C[C@@]23CC[C@@H]4C(C)(C)CCC[C@@]4(C)[C@@H]2CC[C@H]1C3. The highest BCUT2D eigenvalue weighted by Crippen LogP contribution is 2.70. The molecule has 0 aromatic heterocycles. The van der Waals surface area contributed by atoms with Crippen molar-refractivity contribution in [2.45, 2.75) is 79.1 Å². The van der Waals surface area contributed by atoms with Crippen LogP contribution < -0.4 is 0 Å². The van der Waals surface area contributed by atoms with E-state index >= 15 is 0 Å². The van der Waals surface area contributed by atoms with E-state index in [1.54, 1.807) is 5.57 Å². The Morgan fingerprint density at radius 2 is 1.75 bits per heavy atom. The molecule has 3 saturated carbocycles. The highest BCUT2D eigenvalue weighted by molar-refractivity contribution is 5.26. The van der Waals surface area contributed by atoms with Crippen LogP contribution >= 0.6 is 0 Å². The number of rotatable bonds is 0. The van der Waals surface area contributed by atoms with Crippen molar-refractivity contribution in [2.24, 2.45) is 34.0 Å². The van der Waals surface area contributed by atoms with Gasteiger partial charge in [0, 0.05) is 0 Å². The maximum absolute atomic E-state index is 2.76. The third-order valence-electron chi connectivity index (χ3n) is 8.25. The van der Waals surface area contributed by atoms with E-state index < -0.39 is 0 Å². The lowest BCUT2D eigenvalue weighted by Gasteiger charge is -2.63. The number of hydrogen-bond acceptors (Lipinski definition) is 0. The van der Waals surface area contributed by atoms with Crippen molar-refractivity contribution in [3.63, 3.8) is 0 Å². The fourth-order valence-electron chi connectivity index (χ4n) is 7.53. The molecule has 0 nitrogen and oxygen atoms in total. The van der Waals surface area contributed by atoms with E-state index in [1.807, 2.05) is 0 Å². The van der Waals surface area contributed by atoms with Crippen molar-refractivity contribution < 1.29 is 0 Å². The summed E-state index contributed by atoms with van der Waals surface area (Å²) in [5.74, 6) is 2.91. The van der Waals surface area contributed by atoms with Gasteiger partial charge in [-0.3, -0.25) is 0 Å². The molecule has 0 heteroatoms. The van der Waals surface area contributed by atoms with E-state index in [0.717, 1.165) is 17.8 Å². The summed E-state index contributed by atoms with van der Waals surface area (Å²) in [5, 5.41) is 0. The molecule has 0 saturated heterocycles. The van der Waals surface area contributed by atoms with Crippen LogP contribution in [0.4, 0.5) is 0 Å². The summed E-state index contributed by atoms with van der Waals surface area (Å²) < 4.78 is 0. The summed E-state index contributed by atoms with van der Waals surface area (Å²) >= 11 is 0. The quantitative estimate of drug-likeness (QED) is 0.476. The lowest BCUT2D eigenvalue weighted by molar-refractivity contribution is -0.133. The number of allylic oxidation sites excluding steroid dienone is 2. The van der Waals surface area contributed by atoms with Crippen LogP contribution in [0.5, 0.6) is 0 Å². The highest BCUT2D eigenvalue weighted by Gasteiger charge is 2.61. The van der Waals surface area contributed by atoms with Crippen LogP contribution in [0.2, 0.25) is 0 Å². The van der Waals surface area contributed by atoms with E-state index in [-0.39, 0.29) is 0 Å². The molecule has 0 aromatic carbocycles. The highest BCUT2D eigenvalue weighted by atomic mass is 14.7. The van der Waals surface area contributed by atoms with Gasteiger partial charge in [-0.2, -0.15) is 0 Å². The van der Waals surface area contributed by atoms with Gasteiger partial charge in [0.05, 0.1) is 0 Å². The molecule has 0 amide bonds. The standard InChI is InChI=1S/C20H32/c1-14-12-20-11-8-16-18(2,3)9-5-10-19(16,4)17(20)7-6-15(14)13-20/h12,15-17H,5-11,13H2,1-4H3/t15-,16+,17-,19+,20+/m0/s1. The van der Waals surface area contributed by atoms with Gasteiger partial charge in [0.2, 0.25) is 0 Å².